The second-order valence-electron chi connectivity index (χ2n) is 4.57. The highest BCUT2D eigenvalue weighted by Crippen LogP contribution is 2.27. The Morgan fingerprint density at radius 3 is 2.67 bits per heavy atom. The molecular formula is C11H13FN2O6S. The Labute approximate surface area is 119 Å². The van der Waals surface area contributed by atoms with Gasteiger partial charge in [0, 0.05) is 13.0 Å². The smallest absolute Gasteiger partial charge is 0.343 e. The SMILES string of the molecule is CNS(=O)(=O)c1ccc(C(=O)N2CCC(F)(C(=O)O)C2)o1. The minimum atomic E-state index is -3.83. The van der Waals surface area contributed by atoms with E-state index in [1.54, 1.807) is 0 Å². The molecule has 1 aliphatic rings. The van der Waals surface area contributed by atoms with Crippen LogP contribution in [-0.4, -0.2) is 56.1 Å². The molecule has 10 heteroatoms. The van der Waals surface area contributed by atoms with Gasteiger partial charge >= 0.3 is 5.97 Å². The van der Waals surface area contributed by atoms with Gasteiger partial charge in [-0.2, -0.15) is 0 Å². The lowest BCUT2D eigenvalue weighted by Crippen LogP contribution is -2.38. The molecule has 0 aromatic carbocycles. The Morgan fingerprint density at radius 2 is 2.14 bits per heavy atom. The van der Waals surface area contributed by atoms with E-state index < -0.39 is 39.2 Å². The van der Waals surface area contributed by atoms with Gasteiger partial charge in [-0.05, 0) is 19.2 Å². The van der Waals surface area contributed by atoms with Crippen LogP contribution >= 0.6 is 0 Å². The number of sulfonamides is 1. The fourth-order valence-electron chi connectivity index (χ4n) is 1.96. The van der Waals surface area contributed by atoms with Crippen molar-refractivity contribution in [1.29, 1.82) is 0 Å². The summed E-state index contributed by atoms with van der Waals surface area (Å²) in [6, 6.07) is 2.24. The molecule has 8 nitrogen and oxygen atoms in total. The van der Waals surface area contributed by atoms with Crippen molar-refractivity contribution in [2.45, 2.75) is 17.2 Å². The van der Waals surface area contributed by atoms with E-state index in [2.05, 4.69) is 0 Å². The van der Waals surface area contributed by atoms with Crippen molar-refractivity contribution in [3.63, 3.8) is 0 Å². The summed E-state index contributed by atoms with van der Waals surface area (Å²) < 4.78 is 43.8. The molecule has 21 heavy (non-hydrogen) atoms. The molecule has 1 aromatic heterocycles. The first kappa shape index (κ1) is 15.4. The number of hydrogen-bond acceptors (Lipinski definition) is 5. The second-order valence-corrected chi connectivity index (χ2v) is 6.39. The van der Waals surface area contributed by atoms with Gasteiger partial charge < -0.3 is 14.4 Å². The van der Waals surface area contributed by atoms with E-state index in [-0.39, 0.29) is 18.7 Å². The summed E-state index contributed by atoms with van der Waals surface area (Å²) in [6.45, 7) is -0.688. The number of halogens is 1. The zero-order valence-electron chi connectivity index (χ0n) is 11.0. The van der Waals surface area contributed by atoms with Crippen LogP contribution in [0.5, 0.6) is 0 Å². The third kappa shape index (κ3) is 2.76. The number of nitrogens with one attached hydrogen (secondary N) is 1. The van der Waals surface area contributed by atoms with Gasteiger partial charge in [0.25, 0.3) is 15.9 Å². The average molecular weight is 320 g/mol. The van der Waals surface area contributed by atoms with Crippen LogP contribution in [-0.2, 0) is 14.8 Å². The quantitative estimate of drug-likeness (QED) is 0.795. The number of rotatable bonds is 4. The van der Waals surface area contributed by atoms with Crippen molar-refractivity contribution in [1.82, 2.24) is 9.62 Å². The van der Waals surface area contributed by atoms with Gasteiger partial charge in [0.15, 0.2) is 5.76 Å². The summed E-state index contributed by atoms with van der Waals surface area (Å²) in [6.07, 6.45) is -0.323. The minimum Gasteiger partial charge on any atom is -0.479 e. The molecule has 1 aliphatic heterocycles. The van der Waals surface area contributed by atoms with Crippen molar-refractivity contribution < 1.29 is 31.9 Å². The van der Waals surface area contributed by atoms with Crippen LogP contribution in [0.4, 0.5) is 4.39 Å². The molecule has 1 saturated heterocycles. The monoisotopic (exact) mass is 320 g/mol. The zero-order chi connectivity index (χ0) is 15.8. The number of carboxylic acid groups (broad SMARTS) is 1. The summed E-state index contributed by atoms with van der Waals surface area (Å²) in [7, 11) is -2.64. The Hall–Kier alpha value is -1.94. The largest absolute Gasteiger partial charge is 0.479 e. The summed E-state index contributed by atoms with van der Waals surface area (Å²) in [5.74, 6) is -2.68. The molecule has 0 bridgehead atoms. The molecular weight excluding hydrogens is 307 g/mol. The van der Waals surface area contributed by atoms with E-state index in [1.165, 1.54) is 7.05 Å². The fourth-order valence-corrected chi connectivity index (χ4v) is 2.60. The molecule has 1 aromatic rings. The first-order valence-corrected chi connectivity index (χ1v) is 7.43. The van der Waals surface area contributed by atoms with Crippen molar-refractivity contribution in [2.75, 3.05) is 20.1 Å². The van der Waals surface area contributed by atoms with Gasteiger partial charge in [-0.3, -0.25) is 4.79 Å². The number of likely N-dealkylation sites (tertiary alicyclic amines) is 1. The van der Waals surface area contributed by atoms with E-state index in [1.807, 2.05) is 4.72 Å². The summed E-state index contributed by atoms with van der Waals surface area (Å²) >= 11 is 0. The van der Waals surface area contributed by atoms with Crippen LogP contribution in [0.1, 0.15) is 17.0 Å². The highest BCUT2D eigenvalue weighted by molar-refractivity contribution is 7.89. The Kier molecular flexibility index (Phi) is 3.76. The van der Waals surface area contributed by atoms with Gasteiger partial charge in [-0.1, -0.05) is 0 Å². The Bertz CT molecular complexity index is 685. The first-order valence-electron chi connectivity index (χ1n) is 5.94. The molecule has 1 fully saturated rings. The lowest BCUT2D eigenvalue weighted by molar-refractivity contribution is -0.149. The maximum atomic E-state index is 13.9. The number of nitrogens with zero attached hydrogens (tertiary/aromatic N) is 1. The lowest BCUT2D eigenvalue weighted by Gasteiger charge is -2.16. The van der Waals surface area contributed by atoms with Crippen LogP contribution in [0.25, 0.3) is 0 Å². The van der Waals surface area contributed by atoms with E-state index in [0.29, 0.717) is 0 Å². The molecule has 0 radical (unpaired) electrons. The number of amides is 1. The predicted molar refractivity (Wildman–Crippen MR) is 66.9 cm³/mol. The van der Waals surface area contributed by atoms with Crippen LogP contribution in [0.15, 0.2) is 21.6 Å². The average Bonchev–Trinajstić information content (AvgIpc) is 3.05. The van der Waals surface area contributed by atoms with Crippen molar-refractivity contribution in [3.05, 3.63) is 17.9 Å². The summed E-state index contributed by atoms with van der Waals surface area (Å²) in [5, 5.41) is 8.31. The van der Waals surface area contributed by atoms with E-state index in [9.17, 15) is 22.4 Å². The zero-order valence-corrected chi connectivity index (χ0v) is 11.8. The van der Waals surface area contributed by atoms with Crippen molar-refractivity contribution in [3.8, 4) is 0 Å². The molecule has 2 heterocycles. The van der Waals surface area contributed by atoms with Gasteiger partial charge in [0.1, 0.15) is 0 Å². The molecule has 1 amide bonds. The topological polar surface area (TPSA) is 117 Å². The maximum Gasteiger partial charge on any atom is 0.343 e. The van der Waals surface area contributed by atoms with Gasteiger partial charge in [0.05, 0.1) is 6.54 Å². The molecule has 0 saturated carbocycles. The number of carbonyl (C=O) groups is 2. The molecule has 0 spiro atoms. The number of aliphatic carboxylic acids is 1. The normalized spacial score (nSPS) is 22.5. The number of alkyl halides is 1. The third-order valence-corrected chi connectivity index (χ3v) is 4.50. The number of furan rings is 1. The summed E-state index contributed by atoms with van der Waals surface area (Å²) in [4.78, 5) is 23.8. The van der Waals surface area contributed by atoms with Gasteiger partial charge in [0.2, 0.25) is 10.8 Å². The van der Waals surface area contributed by atoms with Crippen molar-refractivity contribution >= 4 is 21.9 Å². The molecule has 116 valence electrons. The number of hydrogen-bond donors (Lipinski definition) is 2. The Balaban J connectivity index is 2.18. The highest BCUT2D eigenvalue weighted by atomic mass is 32.2. The number of carboxylic acids is 1. The Morgan fingerprint density at radius 1 is 1.48 bits per heavy atom. The van der Waals surface area contributed by atoms with Gasteiger partial charge in [-0.25, -0.2) is 22.3 Å². The molecule has 2 rings (SSSR count). The van der Waals surface area contributed by atoms with Crippen molar-refractivity contribution in [2.24, 2.45) is 0 Å². The molecule has 0 aliphatic carbocycles. The van der Waals surface area contributed by atoms with Gasteiger partial charge in [-0.15, -0.1) is 0 Å². The molecule has 1 unspecified atom stereocenters. The van der Waals surface area contributed by atoms with E-state index >= 15 is 0 Å². The minimum absolute atomic E-state index is 0.0869. The van der Waals surface area contributed by atoms with Crippen LogP contribution < -0.4 is 4.72 Å². The first-order chi connectivity index (χ1) is 9.69. The standard InChI is InChI=1S/C11H13FN2O6S/c1-13-21(18,19)8-3-2-7(20-8)9(15)14-5-4-11(12,6-14)10(16)17/h2-3,13H,4-6H2,1H3,(H,16,17). The second kappa shape index (κ2) is 5.11. The van der Waals surface area contributed by atoms with Crippen LogP contribution in [0, 0.1) is 0 Å². The van der Waals surface area contributed by atoms with Crippen LogP contribution in [0.3, 0.4) is 0 Å². The predicted octanol–water partition coefficient (Wildman–Crippen LogP) is -0.174. The maximum absolute atomic E-state index is 13.9. The van der Waals surface area contributed by atoms with Crippen LogP contribution in [0.2, 0.25) is 0 Å². The van der Waals surface area contributed by atoms with E-state index in [4.69, 9.17) is 9.52 Å². The molecule has 1 atom stereocenters. The lowest BCUT2D eigenvalue weighted by atomic mass is 10.1. The molecule has 2 N–H and O–H groups in total. The summed E-state index contributed by atoms with van der Waals surface area (Å²) in [5.41, 5.74) is -2.48. The number of carbonyl (C=O) groups excluding carboxylic acids is 1. The highest BCUT2D eigenvalue weighted by Gasteiger charge is 2.47. The fraction of sp³-hybridized carbons (Fsp3) is 0.455. The third-order valence-electron chi connectivity index (χ3n) is 3.22. The van der Waals surface area contributed by atoms with E-state index in [0.717, 1.165) is 17.0 Å².